The van der Waals surface area contributed by atoms with Crippen molar-refractivity contribution in [3.05, 3.63) is 83.3 Å². The lowest BCUT2D eigenvalue weighted by atomic mass is 9.87. The van der Waals surface area contributed by atoms with E-state index in [-0.39, 0.29) is 23.7 Å². The Hall–Kier alpha value is -3.39. The molecular formula is C29H32N6OS. The number of rotatable bonds is 6. The lowest BCUT2D eigenvalue weighted by Gasteiger charge is -2.37. The lowest BCUT2D eigenvalue weighted by molar-refractivity contribution is 0.0637. The number of carbonyl (C=O) groups is 1. The van der Waals surface area contributed by atoms with Crippen molar-refractivity contribution in [1.82, 2.24) is 24.6 Å². The van der Waals surface area contributed by atoms with Crippen LogP contribution < -0.4 is 5.73 Å². The van der Waals surface area contributed by atoms with E-state index in [9.17, 15) is 4.79 Å². The average Bonchev–Trinajstić information content (AvgIpc) is 3.73. The Morgan fingerprint density at radius 3 is 2.65 bits per heavy atom. The molecule has 0 spiro atoms. The normalized spacial score (nSPS) is 20.7. The number of benzene rings is 1. The largest absolute Gasteiger partial charge is 0.383 e. The Labute approximate surface area is 221 Å². The van der Waals surface area contributed by atoms with Gasteiger partial charge < -0.3 is 10.6 Å². The summed E-state index contributed by atoms with van der Waals surface area (Å²) < 4.78 is 2.11. The van der Waals surface area contributed by atoms with Gasteiger partial charge in [0.25, 0.3) is 5.91 Å². The molecule has 1 fully saturated rings. The van der Waals surface area contributed by atoms with Gasteiger partial charge in [-0.25, -0.2) is 14.6 Å². The van der Waals surface area contributed by atoms with Gasteiger partial charge in [0.15, 0.2) is 5.16 Å². The number of nitrogens with two attached hydrogens (primary N) is 1. The zero-order chi connectivity index (χ0) is 25.7. The predicted molar refractivity (Wildman–Crippen MR) is 147 cm³/mol. The molecule has 1 amide bonds. The maximum Gasteiger partial charge on any atom is 0.259 e. The molecule has 0 saturated heterocycles. The number of nitrogens with zero attached hydrogens (tertiary/aromatic N) is 5. The second-order valence-corrected chi connectivity index (χ2v) is 11.0. The van der Waals surface area contributed by atoms with E-state index in [1.54, 1.807) is 6.20 Å². The van der Waals surface area contributed by atoms with E-state index in [4.69, 9.17) is 10.8 Å². The molecule has 3 aromatic rings. The summed E-state index contributed by atoms with van der Waals surface area (Å²) in [5.74, 6) is 1.05. The van der Waals surface area contributed by atoms with E-state index in [0.717, 1.165) is 48.6 Å². The molecule has 2 aromatic heterocycles. The second-order valence-electron chi connectivity index (χ2n) is 10.3. The van der Waals surface area contributed by atoms with Crippen LogP contribution in [0.1, 0.15) is 70.5 Å². The Bertz CT molecular complexity index is 1390. The number of thioether (sulfide) groups is 1. The number of nitrogen functional groups attached to an aromatic ring is 1. The molecule has 3 aliphatic rings. The van der Waals surface area contributed by atoms with Gasteiger partial charge in [-0.15, -0.1) is 0 Å². The van der Waals surface area contributed by atoms with Crippen LogP contribution in [0.2, 0.25) is 0 Å². The summed E-state index contributed by atoms with van der Waals surface area (Å²) in [6.07, 6.45) is 11.2. The zero-order valence-electron chi connectivity index (χ0n) is 21.2. The van der Waals surface area contributed by atoms with Crippen molar-refractivity contribution in [2.24, 2.45) is 5.92 Å². The van der Waals surface area contributed by atoms with Gasteiger partial charge in [0.05, 0.1) is 23.1 Å². The van der Waals surface area contributed by atoms with Crippen LogP contribution >= 0.6 is 11.8 Å². The van der Waals surface area contributed by atoms with E-state index in [1.165, 1.54) is 41.4 Å². The summed E-state index contributed by atoms with van der Waals surface area (Å²) in [5.41, 5.74) is 13.6. The van der Waals surface area contributed by atoms with Crippen molar-refractivity contribution in [3.8, 4) is 5.69 Å². The fourth-order valence-electron chi connectivity index (χ4n) is 5.87. The van der Waals surface area contributed by atoms with Crippen molar-refractivity contribution in [2.45, 2.75) is 55.6 Å². The van der Waals surface area contributed by atoms with Gasteiger partial charge >= 0.3 is 0 Å². The fourth-order valence-corrected chi connectivity index (χ4v) is 6.21. The predicted octanol–water partition coefficient (Wildman–Crippen LogP) is 5.28. The van der Waals surface area contributed by atoms with Crippen LogP contribution in [0.25, 0.3) is 5.69 Å². The van der Waals surface area contributed by atoms with Crippen LogP contribution in [-0.2, 0) is 12.8 Å². The standard InChI is InChI=1S/C29H32N6OS/c1-4-17(2)20-9-12-23-26-24(35(33-23)21-10-7-19(8-11-21)18-5-6-18)13-14-34(25(26)15-20)28(36)22-16-31-29(37-3)32-27(22)30/h4,7-8,10-11,16,18,20,25H,1-2,5-6,9,12-15H2,3H3,(H2,30,31,32). The molecule has 1 saturated carbocycles. The van der Waals surface area contributed by atoms with Crippen LogP contribution in [0.4, 0.5) is 5.82 Å². The Morgan fingerprint density at radius 2 is 1.97 bits per heavy atom. The van der Waals surface area contributed by atoms with E-state index >= 15 is 0 Å². The van der Waals surface area contributed by atoms with Crippen LogP contribution in [0.15, 0.2) is 60.4 Å². The first kappa shape index (κ1) is 24.0. The summed E-state index contributed by atoms with van der Waals surface area (Å²) in [6, 6.07) is 8.75. The number of amides is 1. The molecule has 7 nitrogen and oxygen atoms in total. The van der Waals surface area contributed by atoms with Crippen molar-refractivity contribution in [3.63, 3.8) is 0 Å². The number of aromatic nitrogens is 4. The first-order valence-corrected chi connectivity index (χ1v) is 14.2. The summed E-state index contributed by atoms with van der Waals surface area (Å²) in [6.45, 7) is 8.80. The number of anilines is 1. The molecule has 1 aliphatic heterocycles. The SMILES string of the molecule is C=CC(=C)C1CCc2nn(-c3ccc(C4CC4)cc3)c3c2C(C1)N(C(=O)c1cnc(SC)nc1N)CC3. The average molecular weight is 513 g/mol. The molecule has 1 aromatic carbocycles. The molecule has 2 unspecified atom stereocenters. The summed E-state index contributed by atoms with van der Waals surface area (Å²) in [4.78, 5) is 24.5. The highest BCUT2D eigenvalue weighted by Crippen LogP contribution is 2.44. The molecule has 0 radical (unpaired) electrons. The minimum absolute atomic E-state index is 0.116. The molecule has 3 heterocycles. The fraction of sp³-hybridized carbons (Fsp3) is 0.379. The molecule has 2 N–H and O–H groups in total. The summed E-state index contributed by atoms with van der Waals surface area (Å²) in [5, 5.41) is 5.69. The van der Waals surface area contributed by atoms with Crippen molar-refractivity contribution in [2.75, 3.05) is 18.5 Å². The highest BCUT2D eigenvalue weighted by atomic mass is 32.2. The number of hydrogen-bond donors (Lipinski definition) is 1. The minimum Gasteiger partial charge on any atom is -0.383 e. The Balaban J connectivity index is 1.40. The monoisotopic (exact) mass is 512 g/mol. The van der Waals surface area contributed by atoms with Gasteiger partial charge in [-0.05, 0) is 67.9 Å². The molecule has 6 rings (SSSR count). The highest BCUT2D eigenvalue weighted by molar-refractivity contribution is 7.98. The van der Waals surface area contributed by atoms with Gasteiger partial charge in [0.2, 0.25) is 0 Å². The lowest BCUT2D eigenvalue weighted by Crippen LogP contribution is -2.41. The first-order valence-electron chi connectivity index (χ1n) is 13.0. The molecule has 2 atom stereocenters. The number of carbonyl (C=O) groups excluding carboxylic acids is 1. The van der Waals surface area contributed by atoms with Crippen LogP contribution in [-0.4, -0.2) is 43.4 Å². The summed E-state index contributed by atoms with van der Waals surface area (Å²) in [7, 11) is 0. The Kier molecular flexibility index (Phi) is 6.15. The quantitative estimate of drug-likeness (QED) is 0.275. The zero-order valence-corrected chi connectivity index (χ0v) is 22.0. The summed E-state index contributed by atoms with van der Waals surface area (Å²) >= 11 is 1.40. The topological polar surface area (TPSA) is 89.9 Å². The van der Waals surface area contributed by atoms with Crippen LogP contribution in [0, 0.1) is 5.92 Å². The smallest absolute Gasteiger partial charge is 0.259 e. The maximum atomic E-state index is 13.9. The van der Waals surface area contributed by atoms with Gasteiger partial charge in [-0.2, -0.15) is 5.10 Å². The van der Waals surface area contributed by atoms with Crippen molar-refractivity contribution < 1.29 is 4.79 Å². The van der Waals surface area contributed by atoms with E-state index in [0.29, 0.717) is 17.3 Å². The third kappa shape index (κ3) is 4.27. The van der Waals surface area contributed by atoms with Gasteiger partial charge in [0, 0.05) is 24.7 Å². The number of aryl methyl sites for hydroxylation is 1. The molecule has 8 heteroatoms. The Morgan fingerprint density at radius 1 is 1.19 bits per heavy atom. The first-order chi connectivity index (χ1) is 18.0. The maximum absolute atomic E-state index is 13.9. The molecule has 0 bridgehead atoms. The van der Waals surface area contributed by atoms with Crippen LogP contribution in [0.3, 0.4) is 0 Å². The van der Waals surface area contributed by atoms with Crippen LogP contribution in [0.5, 0.6) is 0 Å². The third-order valence-corrected chi connectivity index (χ3v) is 8.64. The van der Waals surface area contributed by atoms with E-state index in [2.05, 4.69) is 52.1 Å². The van der Waals surface area contributed by atoms with Gasteiger partial charge in [-0.3, -0.25) is 4.79 Å². The van der Waals surface area contributed by atoms with E-state index < -0.39 is 0 Å². The minimum atomic E-state index is -0.127. The van der Waals surface area contributed by atoms with E-state index in [1.807, 2.05) is 17.2 Å². The molecule has 190 valence electrons. The van der Waals surface area contributed by atoms with Crippen molar-refractivity contribution >= 4 is 23.5 Å². The van der Waals surface area contributed by atoms with Crippen molar-refractivity contribution in [1.29, 1.82) is 0 Å². The molecule has 2 aliphatic carbocycles. The van der Waals surface area contributed by atoms with Gasteiger partial charge in [-0.1, -0.05) is 48.7 Å². The second kappa shape index (κ2) is 9.49. The number of hydrogen-bond acceptors (Lipinski definition) is 6. The highest BCUT2D eigenvalue weighted by Gasteiger charge is 2.40. The molecule has 37 heavy (non-hydrogen) atoms. The molecular weight excluding hydrogens is 480 g/mol. The third-order valence-electron chi connectivity index (χ3n) is 8.08. The van der Waals surface area contributed by atoms with Gasteiger partial charge in [0.1, 0.15) is 11.4 Å². The number of allylic oxidation sites excluding steroid dienone is 2.